The molecule has 2 rings (SSSR count). The minimum Gasteiger partial charge on any atom is -0.379 e. The maximum atomic E-state index is 11.4. The molecule has 3 amide bonds. The molecular formula is C10H17N3O3. The molecule has 2 heterocycles. The predicted molar refractivity (Wildman–Crippen MR) is 56.9 cm³/mol. The van der Waals surface area contributed by atoms with Crippen LogP contribution in [-0.4, -0.2) is 43.8 Å². The number of hydrogen-bond donors (Lipinski definition) is 3. The van der Waals surface area contributed by atoms with E-state index >= 15 is 0 Å². The fourth-order valence-electron chi connectivity index (χ4n) is 1.93. The number of nitrogens with one attached hydrogen (secondary N) is 3. The molecule has 0 spiro atoms. The van der Waals surface area contributed by atoms with Crippen LogP contribution in [0.4, 0.5) is 4.79 Å². The molecule has 0 aromatic heterocycles. The number of ether oxygens (including phenoxy) is 1. The molecule has 0 bridgehead atoms. The predicted octanol–water partition coefficient (Wildman–Crippen LogP) is -0.647. The molecular weight excluding hydrogens is 210 g/mol. The molecule has 0 saturated carbocycles. The highest BCUT2D eigenvalue weighted by Crippen LogP contribution is 2.05. The van der Waals surface area contributed by atoms with Gasteiger partial charge in [0, 0.05) is 25.6 Å². The average molecular weight is 227 g/mol. The summed E-state index contributed by atoms with van der Waals surface area (Å²) in [5, 5.41) is 8.37. The summed E-state index contributed by atoms with van der Waals surface area (Å²) >= 11 is 0. The second-order valence-corrected chi connectivity index (χ2v) is 4.22. The highest BCUT2D eigenvalue weighted by atomic mass is 16.5. The van der Waals surface area contributed by atoms with Crippen LogP contribution in [0.15, 0.2) is 0 Å². The lowest BCUT2D eigenvalue weighted by Gasteiger charge is -2.14. The van der Waals surface area contributed by atoms with E-state index in [0.717, 1.165) is 12.8 Å². The van der Waals surface area contributed by atoms with E-state index in [9.17, 15) is 9.59 Å². The Labute approximate surface area is 94.1 Å². The van der Waals surface area contributed by atoms with Crippen molar-refractivity contribution < 1.29 is 14.3 Å². The Kier molecular flexibility index (Phi) is 3.61. The van der Waals surface area contributed by atoms with E-state index in [-0.39, 0.29) is 24.0 Å². The van der Waals surface area contributed by atoms with Crippen molar-refractivity contribution in [3.05, 3.63) is 0 Å². The number of amides is 3. The van der Waals surface area contributed by atoms with Crippen molar-refractivity contribution in [2.75, 3.05) is 19.8 Å². The molecule has 2 fully saturated rings. The summed E-state index contributed by atoms with van der Waals surface area (Å²) in [5.41, 5.74) is 0. The molecule has 0 aliphatic carbocycles. The van der Waals surface area contributed by atoms with Gasteiger partial charge in [-0.25, -0.2) is 4.79 Å². The van der Waals surface area contributed by atoms with Gasteiger partial charge in [-0.15, -0.1) is 0 Å². The highest BCUT2D eigenvalue weighted by Gasteiger charge is 2.22. The third-order valence-corrected chi connectivity index (χ3v) is 2.86. The van der Waals surface area contributed by atoms with Gasteiger partial charge in [-0.3, -0.25) is 4.79 Å². The summed E-state index contributed by atoms with van der Waals surface area (Å²) in [5.74, 6) is 0.0661. The Balaban J connectivity index is 1.61. The van der Waals surface area contributed by atoms with Gasteiger partial charge in [-0.05, 0) is 12.8 Å². The van der Waals surface area contributed by atoms with E-state index in [1.165, 1.54) is 0 Å². The van der Waals surface area contributed by atoms with Crippen LogP contribution in [0, 0.1) is 0 Å². The SMILES string of the molecule is O=C1CCC(CNC(=O)NC2CCOC2)N1. The van der Waals surface area contributed by atoms with Gasteiger partial charge in [0.05, 0.1) is 12.6 Å². The lowest BCUT2D eigenvalue weighted by molar-refractivity contribution is -0.119. The Morgan fingerprint density at radius 3 is 3.00 bits per heavy atom. The van der Waals surface area contributed by atoms with Crippen LogP contribution >= 0.6 is 0 Å². The molecule has 2 unspecified atom stereocenters. The van der Waals surface area contributed by atoms with Crippen molar-refractivity contribution >= 4 is 11.9 Å². The van der Waals surface area contributed by atoms with E-state index in [4.69, 9.17) is 4.74 Å². The lowest BCUT2D eigenvalue weighted by Crippen LogP contribution is -2.46. The van der Waals surface area contributed by atoms with E-state index in [1.807, 2.05) is 0 Å². The quantitative estimate of drug-likeness (QED) is 0.599. The van der Waals surface area contributed by atoms with Gasteiger partial charge in [-0.2, -0.15) is 0 Å². The fourth-order valence-corrected chi connectivity index (χ4v) is 1.93. The third-order valence-electron chi connectivity index (χ3n) is 2.86. The maximum absolute atomic E-state index is 11.4. The lowest BCUT2D eigenvalue weighted by atomic mass is 10.2. The minimum absolute atomic E-state index is 0.0661. The van der Waals surface area contributed by atoms with Gasteiger partial charge in [0.2, 0.25) is 5.91 Å². The molecule has 0 radical (unpaired) electrons. The zero-order valence-electron chi connectivity index (χ0n) is 9.12. The molecule has 90 valence electrons. The van der Waals surface area contributed by atoms with Crippen molar-refractivity contribution in [3.63, 3.8) is 0 Å². The Hall–Kier alpha value is -1.30. The van der Waals surface area contributed by atoms with Crippen molar-refractivity contribution in [2.45, 2.75) is 31.3 Å². The highest BCUT2D eigenvalue weighted by molar-refractivity contribution is 5.79. The second kappa shape index (κ2) is 5.16. The number of carbonyl (C=O) groups excluding carboxylic acids is 2. The van der Waals surface area contributed by atoms with Crippen molar-refractivity contribution in [3.8, 4) is 0 Å². The van der Waals surface area contributed by atoms with Gasteiger partial charge < -0.3 is 20.7 Å². The Morgan fingerprint density at radius 1 is 1.50 bits per heavy atom. The number of urea groups is 1. The van der Waals surface area contributed by atoms with E-state index in [2.05, 4.69) is 16.0 Å². The summed E-state index contributed by atoms with van der Waals surface area (Å²) in [7, 11) is 0. The van der Waals surface area contributed by atoms with Crippen molar-refractivity contribution in [2.24, 2.45) is 0 Å². The molecule has 16 heavy (non-hydrogen) atoms. The van der Waals surface area contributed by atoms with Crippen LogP contribution in [-0.2, 0) is 9.53 Å². The number of rotatable bonds is 3. The molecule has 3 N–H and O–H groups in total. The molecule has 6 nitrogen and oxygen atoms in total. The largest absolute Gasteiger partial charge is 0.379 e. The third kappa shape index (κ3) is 3.10. The molecule has 2 atom stereocenters. The van der Waals surface area contributed by atoms with E-state index in [0.29, 0.717) is 26.2 Å². The van der Waals surface area contributed by atoms with E-state index in [1.54, 1.807) is 0 Å². The molecule has 2 saturated heterocycles. The molecule has 0 aromatic carbocycles. The molecule has 0 aromatic rings. The van der Waals surface area contributed by atoms with Crippen LogP contribution in [0.5, 0.6) is 0 Å². The van der Waals surface area contributed by atoms with Crippen molar-refractivity contribution in [1.82, 2.24) is 16.0 Å². The van der Waals surface area contributed by atoms with Crippen LogP contribution in [0.25, 0.3) is 0 Å². The maximum Gasteiger partial charge on any atom is 0.315 e. The zero-order chi connectivity index (χ0) is 11.4. The first-order valence-electron chi connectivity index (χ1n) is 5.65. The summed E-state index contributed by atoms with van der Waals surface area (Å²) < 4.78 is 5.15. The Morgan fingerprint density at radius 2 is 2.38 bits per heavy atom. The van der Waals surface area contributed by atoms with Gasteiger partial charge in [0.15, 0.2) is 0 Å². The first-order chi connectivity index (χ1) is 7.74. The number of carbonyl (C=O) groups is 2. The van der Waals surface area contributed by atoms with Gasteiger partial charge in [0.1, 0.15) is 0 Å². The zero-order valence-corrected chi connectivity index (χ0v) is 9.12. The van der Waals surface area contributed by atoms with Gasteiger partial charge in [0.25, 0.3) is 0 Å². The van der Waals surface area contributed by atoms with Crippen LogP contribution in [0.3, 0.4) is 0 Å². The molecule has 2 aliphatic rings. The standard InChI is InChI=1S/C10H17N3O3/c14-9-2-1-7(12-9)5-11-10(15)13-8-3-4-16-6-8/h7-8H,1-6H2,(H,12,14)(H2,11,13,15). The summed E-state index contributed by atoms with van der Waals surface area (Å²) in [6.45, 7) is 1.79. The minimum atomic E-state index is -0.184. The van der Waals surface area contributed by atoms with Crippen LogP contribution in [0.1, 0.15) is 19.3 Å². The van der Waals surface area contributed by atoms with Crippen LogP contribution < -0.4 is 16.0 Å². The monoisotopic (exact) mass is 227 g/mol. The molecule has 6 heteroatoms. The summed E-state index contributed by atoms with van der Waals surface area (Å²) in [6, 6.07) is 0.0212. The Bertz CT molecular complexity index is 276. The van der Waals surface area contributed by atoms with Gasteiger partial charge in [-0.1, -0.05) is 0 Å². The van der Waals surface area contributed by atoms with Crippen molar-refractivity contribution in [1.29, 1.82) is 0 Å². The second-order valence-electron chi connectivity index (χ2n) is 4.22. The summed E-state index contributed by atoms with van der Waals surface area (Å²) in [4.78, 5) is 22.4. The average Bonchev–Trinajstić information content (AvgIpc) is 2.87. The molecule has 2 aliphatic heterocycles. The normalized spacial score (nSPS) is 28.9. The first kappa shape index (κ1) is 11.2. The fraction of sp³-hybridized carbons (Fsp3) is 0.800. The van der Waals surface area contributed by atoms with Crippen LogP contribution in [0.2, 0.25) is 0 Å². The summed E-state index contributed by atoms with van der Waals surface area (Å²) in [6.07, 6.45) is 2.23. The topological polar surface area (TPSA) is 79.5 Å². The van der Waals surface area contributed by atoms with Gasteiger partial charge >= 0.3 is 6.03 Å². The number of hydrogen-bond acceptors (Lipinski definition) is 3. The van der Waals surface area contributed by atoms with E-state index < -0.39 is 0 Å². The smallest absolute Gasteiger partial charge is 0.315 e. The first-order valence-corrected chi connectivity index (χ1v) is 5.65.